The molecule has 0 aliphatic heterocycles. The molecule has 1 aliphatic carbocycles. The molecule has 3 aromatic carbocycles. The van der Waals surface area contributed by atoms with Gasteiger partial charge in [-0.1, -0.05) is 48.0 Å². The lowest BCUT2D eigenvalue weighted by Gasteiger charge is -2.07. The van der Waals surface area contributed by atoms with Gasteiger partial charge in [-0.05, 0) is 41.8 Å². The molecule has 0 N–H and O–H groups in total. The molecule has 0 spiro atoms. The Bertz CT molecular complexity index is 1070. The third-order valence-electron chi connectivity index (χ3n) is 4.67. The Kier molecular flexibility index (Phi) is 4.47. The first kappa shape index (κ1) is 17.0. The van der Waals surface area contributed by atoms with Crippen LogP contribution in [0, 0.1) is 6.92 Å². The van der Waals surface area contributed by atoms with Crippen LogP contribution in [-0.4, -0.2) is 26.1 Å². The minimum absolute atomic E-state index is 0.668. The molecule has 0 saturated heterocycles. The Labute approximate surface area is 158 Å². The van der Waals surface area contributed by atoms with Gasteiger partial charge in [0.15, 0.2) is 11.5 Å². The van der Waals surface area contributed by atoms with Gasteiger partial charge in [0.2, 0.25) is 0 Å². The second-order valence-electron chi connectivity index (χ2n) is 6.40. The van der Waals surface area contributed by atoms with E-state index < -0.39 is 0 Å². The van der Waals surface area contributed by atoms with Gasteiger partial charge < -0.3 is 9.47 Å². The lowest BCUT2D eigenvalue weighted by molar-refractivity contribution is 0.355. The zero-order valence-electron chi connectivity index (χ0n) is 15.6. The number of nitrogens with zero attached hydrogens (tertiary/aromatic N) is 2. The zero-order valence-corrected chi connectivity index (χ0v) is 15.6. The third-order valence-corrected chi connectivity index (χ3v) is 4.67. The highest BCUT2D eigenvalue weighted by Gasteiger charge is 2.24. The number of hydrogen-bond donors (Lipinski definition) is 0. The predicted molar refractivity (Wildman–Crippen MR) is 109 cm³/mol. The molecule has 4 nitrogen and oxygen atoms in total. The molecular formula is C23H20N2O2. The van der Waals surface area contributed by atoms with Crippen molar-refractivity contribution < 1.29 is 9.47 Å². The average molecular weight is 356 g/mol. The first-order valence-electron chi connectivity index (χ1n) is 8.75. The number of hydrogen-bond acceptors (Lipinski definition) is 4. The van der Waals surface area contributed by atoms with Crippen molar-refractivity contribution in [3.05, 3.63) is 82.9 Å². The minimum atomic E-state index is 0.668. The molecule has 0 saturated carbocycles. The van der Waals surface area contributed by atoms with Crippen LogP contribution in [0.25, 0.3) is 11.1 Å². The Hall–Kier alpha value is -3.40. The first-order chi connectivity index (χ1) is 13.2. The molecule has 0 unspecified atom stereocenters. The molecule has 27 heavy (non-hydrogen) atoms. The number of benzene rings is 3. The summed E-state index contributed by atoms with van der Waals surface area (Å²) < 4.78 is 10.6. The van der Waals surface area contributed by atoms with E-state index in [1.54, 1.807) is 20.4 Å². The molecule has 0 radical (unpaired) electrons. The highest BCUT2D eigenvalue weighted by Crippen LogP contribution is 2.37. The normalized spacial score (nSPS) is 13.7. The fourth-order valence-corrected chi connectivity index (χ4v) is 3.35. The van der Waals surface area contributed by atoms with Crippen LogP contribution in [0.15, 0.2) is 70.9 Å². The first-order valence-corrected chi connectivity index (χ1v) is 8.75. The van der Waals surface area contributed by atoms with Crippen molar-refractivity contribution in [2.75, 3.05) is 14.2 Å². The topological polar surface area (TPSA) is 43.2 Å². The predicted octanol–water partition coefficient (Wildman–Crippen LogP) is 4.86. The van der Waals surface area contributed by atoms with Crippen molar-refractivity contribution in [2.24, 2.45) is 10.2 Å². The summed E-state index contributed by atoms with van der Waals surface area (Å²) in [4.78, 5) is 0. The molecule has 4 rings (SSSR count). The summed E-state index contributed by atoms with van der Waals surface area (Å²) in [5.41, 5.74) is 7.68. The summed E-state index contributed by atoms with van der Waals surface area (Å²) in [7, 11) is 3.24. The number of ether oxygens (including phenoxy) is 2. The molecule has 1 aliphatic rings. The van der Waals surface area contributed by atoms with Gasteiger partial charge >= 0.3 is 0 Å². The van der Waals surface area contributed by atoms with Crippen LogP contribution in [0.2, 0.25) is 0 Å². The van der Waals surface area contributed by atoms with Gasteiger partial charge in [0, 0.05) is 11.1 Å². The van der Waals surface area contributed by atoms with Crippen molar-refractivity contribution >= 4 is 11.9 Å². The molecule has 0 aromatic heterocycles. The largest absolute Gasteiger partial charge is 0.493 e. The number of rotatable bonds is 4. The van der Waals surface area contributed by atoms with Crippen molar-refractivity contribution in [1.82, 2.24) is 0 Å². The van der Waals surface area contributed by atoms with Gasteiger partial charge in [-0.2, -0.15) is 5.10 Å². The maximum Gasteiger partial charge on any atom is 0.161 e. The molecular weight excluding hydrogens is 336 g/mol. The van der Waals surface area contributed by atoms with E-state index in [4.69, 9.17) is 9.47 Å². The summed E-state index contributed by atoms with van der Waals surface area (Å²) in [6, 6.07) is 20.4. The van der Waals surface area contributed by atoms with Crippen molar-refractivity contribution in [2.45, 2.75) is 6.92 Å². The van der Waals surface area contributed by atoms with Crippen LogP contribution < -0.4 is 9.47 Å². The lowest BCUT2D eigenvalue weighted by atomic mass is 10.0. The van der Waals surface area contributed by atoms with Crippen LogP contribution in [0.5, 0.6) is 11.5 Å². The SMILES string of the molecule is COc1ccc(/C=N/N=C2/c3ccccc3-c3cc(C)ccc32)cc1OC. The highest BCUT2D eigenvalue weighted by molar-refractivity contribution is 6.24. The second kappa shape index (κ2) is 7.08. The monoisotopic (exact) mass is 356 g/mol. The van der Waals surface area contributed by atoms with E-state index >= 15 is 0 Å². The van der Waals surface area contributed by atoms with Gasteiger partial charge in [-0.25, -0.2) is 0 Å². The number of aryl methyl sites for hydroxylation is 1. The molecule has 3 aromatic rings. The standard InChI is InChI=1S/C23H20N2O2/c1-15-8-10-19-20(12-15)17-6-4-5-7-18(17)23(19)25-24-14-16-9-11-21(26-2)22(13-16)27-3/h4-14H,1-3H3/b24-14+,25-23-. The molecule has 4 heteroatoms. The van der Waals surface area contributed by atoms with Gasteiger partial charge in [0.05, 0.1) is 20.4 Å². The summed E-state index contributed by atoms with van der Waals surface area (Å²) in [5.74, 6) is 1.36. The number of methoxy groups -OCH3 is 2. The van der Waals surface area contributed by atoms with Gasteiger partial charge in [0.1, 0.15) is 5.71 Å². The van der Waals surface area contributed by atoms with Gasteiger partial charge in [-0.15, -0.1) is 5.10 Å². The average Bonchev–Trinajstić information content (AvgIpc) is 3.01. The van der Waals surface area contributed by atoms with Crippen LogP contribution in [0.4, 0.5) is 0 Å². The molecule has 0 fully saturated rings. The lowest BCUT2D eigenvalue weighted by Crippen LogP contribution is -1.97. The van der Waals surface area contributed by atoms with E-state index in [0.717, 1.165) is 22.4 Å². The maximum atomic E-state index is 5.34. The second-order valence-corrected chi connectivity index (χ2v) is 6.40. The van der Waals surface area contributed by atoms with Crippen LogP contribution in [-0.2, 0) is 0 Å². The summed E-state index contributed by atoms with van der Waals surface area (Å²) in [5, 5.41) is 8.88. The molecule has 0 heterocycles. The highest BCUT2D eigenvalue weighted by atomic mass is 16.5. The van der Waals surface area contributed by atoms with E-state index in [1.165, 1.54) is 16.7 Å². The zero-order chi connectivity index (χ0) is 18.8. The smallest absolute Gasteiger partial charge is 0.161 e. The Morgan fingerprint density at radius 1 is 0.741 bits per heavy atom. The fraction of sp³-hybridized carbons (Fsp3) is 0.130. The van der Waals surface area contributed by atoms with E-state index in [1.807, 2.05) is 24.3 Å². The molecule has 0 bridgehead atoms. The quantitative estimate of drug-likeness (QED) is 0.387. The van der Waals surface area contributed by atoms with Crippen molar-refractivity contribution in [1.29, 1.82) is 0 Å². The van der Waals surface area contributed by atoms with Gasteiger partial charge in [0.25, 0.3) is 0 Å². The summed E-state index contributed by atoms with van der Waals surface area (Å²) in [6.45, 7) is 2.10. The van der Waals surface area contributed by atoms with Crippen molar-refractivity contribution in [3.63, 3.8) is 0 Å². The molecule has 0 atom stereocenters. The van der Waals surface area contributed by atoms with Crippen molar-refractivity contribution in [3.8, 4) is 22.6 Å². The Morgan fingerprint density at radius 3 is 2.26 bits per heavy atom. The summed E-state index contributed by atoms with van der Waals surface area (Å²) in [6.07, 6.45) is 1.73. The van der Waals surface area contributed by atoms with E-state index in [0.29, 0.717) is 11.5 Å². The van der Waals surface area contributed by atoms with Gasteiger partial charge in [-0.3, -0.25) is 0 Å². The van der Waals surface area contributed by atoms with Crippen LogP contribution >= 0.6 is 0 Å². The fourth-order valence-electron chi connectivity index (χ4n) is 3.35. The Morgan fingerprint density at radius 2 is 1.48 bits per heavy atom. The van der Waals surface area contributed by atoms with Crippen LogP contribution in [0.3, 0.4) is 0 Å². The van der Waals surface area contributed by atoms with E-state index in [9.17, 15) is 0 Å². The minimum Gasteiger partial charge on any atom is -0.493 e. The maximum absolute atomic E-state index is 5.34. The molecule has 0 amide bonds. The van der Waals surface area contributed by atoms with E-state index in [2.05, 4.69) is 53.5 Å². The van der Waals surface area contributed by atoms with Crippen LogP contribution in [0.1, 0.15) is 22.3 Å². The summed E-state index contributed by atoms with van der Waals surface area (Å²) >= 11 is 0. The Balaban J connectivity index is 1.72. The number of fused-ring (bicyclic) bond motifs is 3. The third kappa shape index (κ3) is 3.10. The van der Waals surface area contributed by atoms with E-state index in [-0.39, 0.29) is 0 Å². The molecule has 134 valence electrons.